The molecular formula is C24H29N5O. The van der Waals surface area contributed by atoms with Crippen molar-refractivity contribution in [2.45, 2.75) is 45.7 Å². The van der Waals surface area contributed by atoms with Crippen LogP contribution >= 0.6 is 0 Å². The maximum atomic E-state index is 12.9. The summed E-state index contributed by atoms with van der Waals surface area (Å²) in [7, 11) is 0. The molecule has 1 saturated heterocycles. The average molecular weight is 404 g/mol. The first-order valence-corrected chi connectivity index (χ1v) is 10.7. The van der Waals surface area contributed by atoms with Gasteiger partial charge in [0, 0.05) is 32.0 Å². The summed E-state index contributed by atoms with van der Waals surface area (Å²) >= 11 is 0. The van der Waals surface area contributed by atoms with E-state index in [-0.39, 0.29) is 11.6 Å². The highest BCUT2D eigenvalue weighted by Gasteiger charge is 2.18. The number of pyridine rings is 1. The van der Waals surface area contributed by atoms with Crippen LogP contribution < -0.4 is 15.8 Å². The van der Waals surface area contributed by atoms with Gasteiger partial charge in [0.1, 0.15) is 0 Å². The lowest BCUT2D eigenvalue weighted by Crippen LogP contribution is -2.34. The fraction of sp³-hybridized carbons (Fsp3) is 0.375. The van der Waals surface area contributed by atoms with Gasteiger partial charge < -0.3 is 10.2 Å². The minimum Gasteiger partial charge on any atom is -0.342 e. The highest BCUT2D eigenvalue weighted by Crippen LogP contribution is 2.23. The number of aromatic amines is 1. The summed E-state index contributed by atoms with van der Waals surface area (Å²) in [5.74, 6) is 0.697. The molecule has 1 fully saturated rings. The molecule has 156 valence electrons. The molecule has 1 aliphatic heterocycles. The number of anilines is 1. The van der Waals surface area contributed by atoms with Gasteiger partial charge in [-0.05, 0) is 50.3 Å². The molecule has 2 N–H and O–H groups in total. The Labute approximate surface area is 177 Å². The Hall–Kier alpha value is -2.99. The maximum absolute atomic E-state index is 12.9. The zero-order valence-electron chi connectivity index (χ0n) is 17.7. The summed E-state index contributed by atoms with van der Waals surface area (Å²) in [5.41, 5.74) is 4.81. The third-order valence-electron chi connectivity index (χ3n) is 5.78. The smallest absolute Gasteiger partial charge is 0.257 e. The Morgan fingerprint density at radius 3 is 2.50 bits per heavy atom. The fourth-order valence-corrected chi connectivity index (χ4v) is 4.00. The van der Waals surface area contributed by atoms with E-state index >= 15 is 0 Å². The molecule has 6 nitrogen and oxygen atoms in total. The lowest BCUT2D eigenvalue weighted by atomic mass is 9.99. The Bertz CT molecular complexity index is 1020. The lowest BCUT2D eigenvalue weighted by molar-refractivity contribution is 0.564. The van der Waals surface area contributed by atoms with Crippen LogP contribution in [0.15, 0.2) is 53.6 Å². The third kappa shape index (κ3) is 4.60. The van der Waals surface area contributed by atoms with Crippen molar-refractivity contribution >= 4 is 5.95 Å². The molecule has 4 rings (SSSR count). The van der Waals surface area contributed by atoms with Crippen molar-refractivity contribution in [3.8, 4) is 0 Å². The zero-order chi connectivity index (χ0) is 20.9. The lowest BCUT2D eigenvalue weighted by Gasteiger charge is -2.27. The van der Waals surface area contributed by atoms with Crippen LogP contribution in [0.25, 0.3) is 0 Å². The van der Waals surface area contributed by atoms with Crippen molar-refractivity contribution in [3.63, 3.8) is 0 Å². The van der Waals surface area contributed by atoms with Crippen LogP contribution in [0.2, 0.25) is 0 Å². The van der Waals surface area contributed by atoms with E-state index in [1.165, 1.54) is 12.0 Å². The second-order valence-corrected chi connectivity index (χ2v) is 8.01. The van der Waals surface area contributed by atoms with Gasteiger partial charge in [-0.15, -0.1) is 0 Å². The Balaban J connectivity index is 1.57. The number of rotatable bonds is 6. The topological polar surface area (TPSA) is 73.9 Å². The largest absolute Gasteiger partial charge is 0.342 e. The second kappa shape index (κ2) is 9.22. The van der Waals surface area contributed by atoms with Crippen molar-refractivity contribution in [2.24, 2.45) is 0 Å². The molecule has 3 aromatic rings. The fourth-order valence-electron chi connectivity index (χ4n) is 4.00. The van der Waals surface area contributed by atoms with Crippen molar-refractivity contribution in [2.75, 3.05) is 18.0 Å². The van der Waals surface area contributed by atoms with Gasteiger partial charge in [0.2, 0.25) is 5.95 Å². The van der Waals surface area contributed by atoms with Crippen LogP contribution in [0.3, 0.4) is 0 Å². The van der Waals surface area contributed by atoms with E-state index in [0.717, 1.165) is 42.8 Å². The van der Waals surface area contributed by atoms with Crippen molar-refractivity contribution in [1.82, 2.24) is 20.3 Å². The Morgan fingerprint density at radius 2 is 1.83 bits per heavy atom. The molecule has 6 heteroatoms. The van der Waals surface area contributed by atoms with Crippen molar-refractivity contribution in [3.05, 3.63) is 87.1 Å². The molecular weight excluding hydrogens is 374 g/mol. The monoisotopic (exact) mass is 403 g/mol. The molecule has 0 spiro atoms. The molecule has 1 aliphatic rings. The van der Waals surface area contributed by atoms with E-state index in [2.05, 4.69) is 57.4 Å². The number of nitrogens with one attached hydrogen (secondary N) is 2. The number of aromatic nitrogens is 3. The molecule has 30 heavy (non-hydrogen) atoms. The molecule has 3 heterocycles. The summed E-state index contributed by atoms with van der Waals surface area (Å²) in [6.45, 7) is 6.34. The van der Waals surface area contributed by atoms with Gasteiger partial charge >= 0.3 is 0 Å². The molecule has 0 aliphatic carbocycles. The number of aryl methyl sites for hydroxylation is 2. The van der Waals surface area contributed by atoms with Gasteiger partial charge in [-0.25, -0.2) is 4.98 Å². The van der Waals surface area contributed by atoms with Crippen LogP contribution in [0.5, 0.6) is 0 Å². The average Bonchev–Trinajstić information content (AvgIpc) is 2.78. The number of hydrogen-bond donors (Lipinski definition) is 2. The SMILES string of the molecule is Cc1ccc([C@H](NCc2c(C)nc(N3CCCCC3)[nH]c2=O)c2cccnc2)cc1. The van der Waals surface area contributed by atoms with E-state index < -0.39 is 0 Å². The minimum absolute atomic E-state index is 0.0557. The highest BCUT2D eigenvalue weighted by molar-refractivity contribution is 5.35. The summed E-state index contributed by atoms with van der Waals surface area (Å²) in [4.78, 5) is 27.0. The van der Waals surface area contributed by atoms with E-state index in [1.54, 1.807) is 6.20 Å². The predicted octanol–water partition coefficient (Wildman–Crippen LogP) is 3.65. The van der Waals surface area contributed by atoms with Gasteiger partial charge in [-0.2, -0.15) is 0 Å². The van der Waals surface area contributed by atoms with Crippen molar-refractivity contribution in [1.29, 1.82) is 0 Å². The van der Waals surface area contributed by atoms with Crippen LogP contribution in [0.1, 0.15) is 53.3 Å². The molecule has 0 radical (unpaired) electrons. The molecule has 0 saturated carbocycles. The number of benzene rings is 1. The number of H-pyrrole nitrogens is 1. The predicted molar refractivity (Wildman–Crippen MR) is 120 cm³/mol. The zero-order valence-corrected chi connectivity index (χ0v) is 17.7. The minimum atomic E-state index is -0.0654. The summed E-state index contributed by atoms with van der Waals surface area (Å²) in [5, 5.41) is 3.56. The van der Waals surface area contributed by atoms with Crippen LogP contribution in [-0.4, -0.2) is 28.0 Å². The molecule has 1 atom stereocenters. The molecule has 0 amide bonds. The van der Waals surface area contributed by atoms with Crippen LogP contribution in [0.4, 0.5) is 5.95 Å². The molecule has 0 unspecified atom stereocenters. The first-order valence-electron chi connectivity index (χ1n) is 10.7. The molecule has 1 aromatic carbocycles. The van der Waals surface area contributed by atoms with E-state index in [1.807, 2.05) is 19.2 Å². The van der Waals surface area contributed by atoms with E-state index in [4.69, 9.17) is 4.98 Å². The van der Waals surface area contributed by atoms with Gasteiger partial charge in [0.25, 0.3) is 5.56 Å². The van der Waals surface area contributed by atoms with Gasteiger partial charge in [-0.3, -0.25) is 14.8 Å². The number of hydrogen-bond acceptors (Lipinski definition) is 5. The van der Waals surface area contributed by atoms with Crippen LogP contribution in [0, 0.1) is 13.8 Å². The van der Waals surface area contributed by atoms with E-state index in [9.17, 15) is 4.79 Å². The first kappa shape index (κ1) is 20.3. The first-order chi connectivity index (χ1) is 14.6. The third-order valence-corrected chi connectivity index (χ3v) is 5.78. The normalized spacial score (nSPS) is 15.2. The summed E-state index contributed by atoms with van der Waals surface area (Å²) in [6, 6.07) is 12.4. The Kier molecular flexibility index (Phi) is 6.23. The van der Waals surface area contributed by atoms with Crippen LogP contribution in [-0.2, 0) is 6.54 Å². The van der Waals surface area contributed by atoms with E-state index in [0.29, 0.717) is 18.1 Å². The quantitative estimate of drug-likeness (QED) is 0.657. The summed E-state index contributed by atoms with van der Waals surface area (Å²) < 4.78 is 0. The second-order valence-electron chi connectivity index (χ2n) is 8.01. The Morgan fingerprint density at radius 1 is 1.07 bits per heavy atom. The number of piperidine rings is 1. The maximum Gasteiger partial charge on any atom is 0.257 e. The number of nitrogens with zero attached hydrogens (tertiary/aromatic N) is 3. The molecule has 0 bridgehead atoms. The molecule has 2 aromatic heterocycles. The standard InChI is InChI=1S/C24H29N5O/c1-17-8-10-19(11-9-17)22(20-7-6-12-25-15-20)26-16-21-18(2)27-24(28-23(21)30)29-13-4-3-5-14-29/h6-12,15,22,26H,3-5,13-14,16H2,1-2H3,(H,27,28,30)/t22-/m0/s1. The highest BCUT2D eigenvalue weighted by atomic mass is 16.1. The van der Waals surface area contributed by atoms with Gasteiger partial charge in [-0.1, -0.05) is 35.9 Å². The van der Waals surface area contributed by atoms with Gasteiger partial charge in [0.05, 0.1) is 17.3 Å². The van der Waals surface area contributed by atoms with Gasteiger partial charge in [0.15, 0.2) is 0 Å². The van der Waals surface area contributed by atoms with Crippen molar-refractivity contribution < 1.29 is 0 Å². The summed E-state index contributed by atoms with van der Waals surface area (Å²) in [6.07, 6.45) is 7.18.